The summed E-state index contributed by atoms with van der Waals surface area (Å²) < 4.78 is 6.16. The van der Waals surface area contributed by atoms with Crippen LogP contribution in [0.4, 0.5) is 4.79 Å². The summed E-state index contributed by atoms with van der Waals surface area (Å²) in [6, 6.07) is 9.30. The lowest BCUT2D eigenvalue weighted by molar-refractivity contribution is -0.0235. The molecule has 0 bridgehead atoms. The number of aromatic amines is 1. The first-order valence-electron chi connectivity index (χ1n) is 13.5. The number of unbranched alkanes of at least 4 members (excludes halogenated alkanes) is 2. The molecule has 0 fully saturated rings. The average Bonchev–Trinajstić information content (AvgIpc) is 3.32. The van der Waals surface area contributed by atoms with Crippen molar-refractivity contribution in [2.75, 3.05) is 20.1 Å². The summed E-state index contributed by atoms with van der Waals surface area (Å²) in [6.07, 6.45) is 7.04. The molecule has 0 saturated heterocycles. The van der Waals surface area contributed by atoms with Crippen molar-refractivity contribution in [1.82, 2.24) is 25.0 Å². The van der Waals surface area contributed by atoms with Crippen molar-refractivity contribution in [2.24, 2.45) is 0 Å². The molecule has 7 nitrogen and oxygen atoms in total. The van der Waals surface area contributed by atoms with Crippen molar-refractivity contribution in [3.8, 4) is 0 Å². The molecule has 0 spiro atoms. The summed E-state index contributed by atoms with van der Waals surface area (Å²) >= 11 is 14.0. The van der Waals surface area contributed by atoms with Crippen LogP contribution in [-0.2, 0) is 11.2 Å². The third kappa shape index (κ3) is 9.41. The van der Waals surface area contributed by atoms with Gasteiger partial charge in [-0.05, 0) is 54.7 Å². The predicted molar refractivity (Wildman–Crippen MR) is 160 cm³/mol. The van der Waals surface area contributed by atoms with Crippen LogP contribution in [0.15, 0.2) is 52.6 Å². The van der Waals surface area contributed by atoms with Crippen LogP contribution in [-0.4, -0.2) is 51.2 Å². The van der Waals surface area contributed by atoms with Gasteiger partial charge in [0, 0.05) is 53.9 Å². The third-order valence-corrected chi connectivity index (χ3v) is 7.69. The number of imidazole rings is 1. The van der Waals surface area contributed by atoms with Gasteiger partial charge in [0.1, 0.15) is 10.9 Å². The van der Waals surface area contributed by atoms with Gasteiger partial charge in [-0.1, -0.05) is 75.5 Å². The zero-order valence-electron chi connectivity index (χ0n) is 23.4. The van der Waals surface area contributed by atoms with Crippen LogP contribution >= 0.6 is 35.0 Å². The number of carbonyl (C=O) groups is 1. The number of pyridine rings is 1. The summed E-state index contributed by atoms with van der Waals surface area (Å²) in [5, 5.41) is 5.69. The molecule has 0 aliphatic heterocycles. The molecule has 0 saturated carbocycles. The van der Waals surface area contributed by atoms with E-state index in [-0.39, 0.29) is 5.92 Å². The number of halogens is 2. The molecule has 1 aromatic carbocycles. The van der Waals surface area contributed by atoms with Gasteiger partial charge >= 0.3 is 6.09 Å². The molecule has 10 heteroatoms. The Balaban J connectivity index is 1.91. The summed E-state index contributed by atoms with van der Waals surface area (Å²) in [7, 11) is 1.78. The fourth-order valence-corrected chi connectivity index (χ4v) is 5.85. The highest BCUT2D eigenvalue weighted by Crippen LogP contribution is 2.36. The first-order valence-corrected chi connectivity index (χ1v) is 15.1. The van der Waals surface area contributed by atoms with Crippen LogP contribution < -0.4 is 0 Å². The molecule has 1 N–H and O–H groups in total. The Morgan fingerprint density at radius 1 is 1.05 bits per heavy atom. The number of benzene rings is 1. The SMILES string of the molecule is CCCCN(CCCC)N(C)C(=O)OC(Cc1ccncc1)c1nc(C(C)C)c(Sc2cc(Cl)cc(Cl)c2)[nH]1. The first kappa shape index (κ1) is 31.3. The van der Waals surface area contributed by atoms with E-state index in [2.05, 4.69) is 42.7 Å². The van der Waals surface area contributed by atoms with E-state index in [1.807, 2.05) is 24.3 Å². The molecular formula is C29H39Cl2N5O2S. The second kappa shape index (κ2) is 15.5. The monoisotopic (exact) mass is 591 g/mol. The van der Waals surface area contributed by atoms with Crippen LogP contribution in [0.2, 0.25) is 10.0 Å². The van der Waals surface area contributed by atoms with Crippen molar-refractivity contribution >= 4 is 41.1 Å². The zero-order chi connectivity index (χ0) is 28.4. The standard InChI is InChI=1S/C29H39Cl2N5O2S/c1-6-8-14-36(15-9-7-2)35(5)29(37)38-25(16-21-10-12-32-13-11-21)27-33-26(20(3)4)28(34-27)39-24-18-22(30)17-23(31)19-24/h10-13,17-20,25H,6-9,14-16H2,1-5H3,(H,33,34). The van der Waals surface area contributed by atoms with Crippen LogP contribution in [0.1, 0.15) is 82.5 Å². The average molecular weight is 593 g/mol. The molecular weight excluding hydrogens is 553 g/mol. The highest BCUT2D eigenvalue weighted by atomic mass is 35.5. The van der Waals surface area contributed by atoms with Gasteiger partial charge in [-0.3, -0.25) is 4.98 Å². The molecule has 3 rings (SSSR count). The molecule has 2 heterocycles. The minimum Gasteiger partial charge on any atom is -0.437 e. The zero-order valence-corrected chi connectivity index (χ0v) is 25.7. The third-order valence-electron chi connectivity index (χ3n) is 6.26. The summed E-state index contributed by atoms with van der Waals surface area (Å²) in [4.78, 5) is 26.9. The Morgan fingerprint density at radius 3 is 2.23 bits per heavy atom. The minimum absolute atomic E-state index is 0.144. The normalized spacial score (nSPS) is 12.2. The lowest BCUT2D eigenvalue weighted by Gasteiger charge is -2.32. The van der Waals surface area contributed by atoms with E-state index in [9.17, 15) is 4.79 Å². The Morgan fingerprint density at radius 2 is 1.67 bits per heavy atom. The minimum atomic E-state index is -0.614. The number of nitrogens with one attached hydrogen (secondary N) is 1. The van der Waals surface area contributed by atoms with Crippen molar-refractivity contribution in [3.63, 3.8) is 0 Å². The number of amides is 1. The smallest absolute Gasteiger partial charge is 0.424 e. The number of nitrogens with zero attached hydrogens (tertiary/aromatic N) is 4. The number of aromatic nitrogens is 3. The maximum absolute atomic E-state index is 13.4. The lowest BCUT2D eigenvalue weighted by atomic mass is 10.1. The lowest BCUT2D eigenvalue weighted by Crippen LogP contribution is -2.45. The van der Waals surface area contributed by atoms with Gasteiger partial charge in [0.2, 0.25) is 0 Å². The molecule has 1 atom stereocenters. The Labute approximate surface area is 246 Å². The van der Waals surface area contributed by atoms with E-state index in [0.717, 1.165) is 60.0 Å². The second-order valence-corrected chi connectivity index (χ2v) is 11.8. The number of hydrogen-bond acceptors (Lipinski definition) is 6. The Bertz CT molecular complexity index is 1160. The van der Waals surface area contributed by atoms with Gasteiger partial charge in [0.15, 0.2) is 6.10 Å². The highest BCUT2D eigenvalue weighted by Gasteiger charge is 2.27. The van der Waals surface area contributed by atoms with E-state index < -0.39 is 12.2 Å². The van der Waals surface area contributed by atoms with Gasteiger partial charge in [0.05, 0.1) is 5.69 Å². The van der Waals surface area contributed by atoms with E-state index in [4.69, 9.17) is 32.9 Å². The number of H-pyrrole nitrogens is 1. The van der Waals surface area contributed by atoms with Crippen molar-refractivity contribution in [2.45, 2.75) is 81.7 Å². The summed E-state index contributed by atoms with van der Waals surface area (Å²) in [5.41, 5.74) is 1.89. The molecule has 212 valence electrons. The number of hydrogen-bond donors (Lipinski definition) is 1. The van der Waals surface area contributed by atoms with Crippen molar-refractivity contribution < 1.29 is 9.53 Å². The number of rotatable bonds is 14. The number of hydrazine groups is 1. The Hall–Kier alpha value is -2.26. The molecule has 39 heavy (non-hydrogen) atoms. The predicted octanol–water partition coefficient (Wildman–Crippen LogP) is 8.56. The quantitative estimate of drug-likeness (QED) is 0.189. The van der Waals surface area contributed by atoms with E-state index >= 15 is 0 Å². The largest absolute Gasteiger partial charge is 0.437 e. The van der Waals surface area contributed by atoms with Crippen molar-refractivity contribution in [3.05, 3.63) is 69.9 Å². The molecule has 0 aliphatic carbocycles. The van der Waals surface area contributed by atoms with Crippen LogP contribution in [0.3, 0.4) is 0 Å². The maximum Gasteiger partial charge on any atom is 0.424 e. The van der Waals surface area contributed by atoms with E-state index in [1.165, 1.54) is 11.8 Å². The van der Waals surface area contributed by atoms with Gasteiger partial charge in [-0.15, -0.1) is 0 Å². The summed E-state index contributed by atoms with van der Waals surface area (Å²) in [6.45, 7) is 10.1. The van der Waals surface area contributed by atoms with Crippen molar-refractivity contribution in [1.29, 1.82) is 0 Å². The van der Waals surface area contributed by atoms with Crippen LogP contribution in [0.5, 0.6) is 0 Å². The molecule has 2 aromatic heterocycles. The summed E-state index contributed by atoms with van der Waals surface area (Å²) in [5.74, 6) is 0.743. The highest BCUT2D eigenvalue weighted by molar-refractivity contribution is 7.99. The number of ether oxygens (including phenoxy) is 1. The fraction of sp³-hybridized carbons (Fsp3) is 0.483. The van der Waals surface area contributed by atoms with E-state index in [0.29, 0.717) is 22.3 Å². The van der Waals surface area contributed by atoms with Gasteiger partial charge in [0.25, 0.3) is 0 Å². The van der Waals surface area contributed by atoms with Crippen LogP contribution in [0.25, 0.3) is 0 Å². The topological polar surface area (TPSA) is 74.3 Å². The molecule has 0 aliphatic rings. The molecule has 1 amide bonds. The van der Waals surface area contributed by atoms with Crippen LogP contribution in [0, 0.1) is 0 Å². The molecule has 1 unspecified atom stereocenters. The Kier molecular flexibility index (Phi) is 12.4. The fourth-order valence-electron chi connectivity index (χ4n) is 4.05. The second-order valence-electron chi connectivity index (χ2n) is 9.81. The van der Waals surface area contributed by atoms with Gasteiger partial charge in [-0.25, -0.2) is 19.8 Å². The number of carbonyl (C=O) groups excluding carboxylic acids is 1. The molecule has 0 radical (unpaired) electrons. The first-order chi connectivity index (χ1) is 18.7. The van der Waals surface area contributed by atoms with E-state index in [1.54, 1.807) is 30.5 Å². The van der Waals surface area contributed by atoms with Gasteiger partial charge in [-0.2, -0.15) is 0 Å². The molecule has 3 aromatic rings. The maximum atomic E-state index is 13.4. The van der Waals surface area contributed by atoms with Gasteiger partial charge < -0.3 is 9.72 Å².